The number of benzene rings is 1. The van der Waals surface area contributed by atoms with E-state index >= 15 is 0 Å². The maximum Gasteiger partial charge on any atom is 0.243 e. The Morgan fingerprint density at radius 3 is 2.58 bits per heavy atom. The standard InChI is InChI=1S/C18H17FN4O2S/c1-18(2)13(7-20)16(25)23-17(14(18)8-21)26-10-15(24)22-9-11-3-5-12(19)6-4-11/h3-6,13H,9-10H2,1-2H3,(H,22,24)(H,23,25)/t13-/m1/s1. The summed E-state index contributed by atoms with van der Waals surface area (Å²) < 4.78 is 12.9. The van der Waals surface area contributed by atoms with Gasteiger partial charge >= 0.3 is 0 Å². The maximum atomic E-state index is 12.9. The molecule has 2 amide bonds. The number of thioether (sulfide) groups is 1. The van der Waals surface area contributed by atoms with Crippen LogP contribution < -0.4 is 10.6 Å². The monoisotopic (exact) mass is 372 g/mol. The summed E-state index contributed by atoms with van der Waals surface area (Å²) in [5, 5.41) is 24.1. The lowest BCUT2D eigenvalue weighted by Crippen LogP contribution is -2.44. The normalized spacial score (nSPS) is 18.5. The van der Waals surface area contributed by atoms with Gasteiger partial charge in [-0.05, 0) is 17.7 Å². The van der Waals surface area contributed by atoms with Crippen molar-refractivity contribution in [2.75, 3.05) is 5.75 Å². The van der Waals surface area contributed by atoms with Crippen LogP contribution in [0, 0.1) is 39.8 Å². The molecule has 1 aliphatic heterocycles. The molecule has 26 heavy (non-hydrogen) atoms. The third-order valence-electron chi connectivity index (χ3n) is 4.08. The van der Waals surface area contributed by atoms with Gasteiger partial charge in [0.05, 0.1) is 28.5 Å². The molecule has 0 radical (unpaired) electrons. The van der Waals surface area contributed by atoms with Gasteiger partial charge in [0.15, 0.2) is 0 Å². The predicted octanol–water partition coefficient (Wildman–Crippen LogP) is 2.21. The number of halogens is 1. The maximum absolute atomic E-state index is 12.9. The van der Waals surface area contributed by atoms with Gasteiger partial charge in [-0.15, -0.1) is 0 Å². The Kier molecular flexibility index (Phi) is 6.01. The number of carbonyl (C=O) groups excluding carboxylic acids is 2. The van der Waals surface area contributed by atoms with Gasteiger partial charge in [-0.25, -0.2) is 4.39 Å². The van der Waals surface area contributed by atoms with E-state index in [0.29, 0.717) is 5.03 Å². The fourth-order valence-electron chi connectivity index (χ4n) is 2.53. The Labute approximate surface area is 155 Å². The van der Waals surface area contributed by atoms with Crippen LogP contribution in [0.5, 0.6) is 0 Å². The van der Waals surface area contributed by atoms with Crippen molar-refractivity contribution in [3.8, 4) is 12.1 Å². The van der Waals surface area contributed by atoms with Crippen LogP contribution in [-0.2, 0) is 16.1 Å². The van der Waals surface area contributed by atoms with Crippen LogP contribution in [0.2, 0.25) is 0 Å². The van der Waals surface area contributed by atoms with E-state index in [4.69, 9.17) is 0 Å². The van der Waals surface area contributed by atoms with Crippen LogP contribution in [0.25, 0.3) is 0 Å². The van der Waals surface area contributed by atoms with Crippen LogP contribution in [0.1, 0.15) is 19.4 Å². The smallest absolute Gasteiger partial charge is 0.243 e. The molecule has 0 bridgehead atoms. The zero-order valence-electron chi connectivity index (χ0n) is 14.3. The molecule has 0 saturated heterocycles. The lowest BCUT2D eigenvalue weighted by atomic mass is 9.72. The number of rotatable bonds is 5. The third kappa shape index (κ3) is 4.22. The summed E-state index contributed by atoms with van der Waals surface area (Å²) in [6, 6.07) is 9.74. The van der Waals surface area contributed by atoms with Gasteiger partial charge in [0.1, 0.15) is 11.7 Å². The average molecular weight is 372 g/mol. The molecule has 6 nitrogen and oxygen atoms in total. The molecule has 1 heterocycles. The molecule has 0 aromatic heterocycles. The molecule has 0 aliphatic carbocycles. The highest BCUT2D eigenvalue weighted by molar-refractivity contribution is 8.03. The SMILES string of the molecule is CC1(C)C(C#N)=C(SCC(=O)NCc2ccc(F)cc2)NC(=O)[C@H]1C#N. The number of nitriles is 2. The first-order chi connectivity index (χ1) is 12.3. The first kappa shape index (κ1) is 19.5. The fourth-order valence-corrected chi connectivity index (χ4v) is 3.53. The van der Waals surface area contributed by atoms with Crippen LogP contribution >= 0.6 is 11.8 Å². The molecule has 134 valence electrons. The van der Waals surface area contributed by atoms with E-state index in [1.54, 1.807) is 26.0 Å². The molecular formula is C18H17FN4O2S. The van der Waals surface area contributed by atoms with E-state index in [-0.39, 0.29) is 29.6 Å². The second kappa shape index (κ2) is 8.03. The molecule has 8 heteroatoms. The summed E-state index contributed by atoms with van der Waals surface area (Å²) in [5.41, 5.74) is 0.101. The molecule has 2 N–H and O–H groups in total. The van der Waals surface area contributed by atoms with E-state index in [9.17, 15) is 24.5 Å². The summed E-state index contributed by atoms with van der Waals surface area (Å²) in [6.07, 6.45) is 0. The molecule has 0 spiro atoms. The summed E-state index contributed by atoms with van der Waals surface area (Å²) >= 11 is 1.04. The molecule has 1 aromatic carbocycles. The zero-order chi connectivity index (χ0) is 19.3. The summed E-state index contributed by atoms with van der Waals surface area (Å²) in [5.74, 6) is -2.09. The summed E-state index contributed by atoms with van der Waals surface area (Å²) in [7, 11) is 0. The van der Waals surface area contributed by atoms with Crippen molar-refractivity contribution in [2.24, 2.45) is 11.3 Å². The minimum Gasteiger partial charge on any atom is -0.351 e. The molecule has 0 unspecified atom stereocenters. The Morgan fingerprint density at radius 1 is 1.35 bits per heavy atom. The van der Waals surface area contributed by atoms with Crippen molar-refractivity contribution in [1.82, 2.24) is 10.6 Å². The van der Waals surface area contributed by atoms with Crippen molar-refractivity contribution in [3.63, 3.8) is 0 Å². The highest BCUT2D eigenvalue weighted by Gasteiger charge is 2.44. The highest BCUT2D eigenvalue weighted by Crippen LogP contribution is 2.41. The van der Waals surface area contributed by atoms with Gasteiger partial charge in [-0.3, -0.25) is 9.59 Å². The van der Waals surface area contributed by atoms with Crippen molar-refractivity contribution in [2.45, 2.75) is 20.4 Å². The second-order valence-corrected chi connectivity index (χ2v) is 7.27. The number of amides is 2. The second-order valence-electron chi connectivity index (χ2n) is 6.28. The first-order valence-electron chi connectivity index (χ1n) is 7.79. The summed E-state index contributed by atoms with van der Waals surface area (Å²) in [4.78, 5) is 24.1. The topological polar surface area (TPSA) is 106 Å². The molecule has 1 aromatic rings. The Morgan fingerprint density at radius 2 is 2.00 bits per heavy atom. The van der Waals surface area contributed by atoms with Gasteiger partial charge in [-0.2, -0.15) is 10.5 Å². The van der Waals surface area contributed by atoms with E-state index in [1.807, 2.05) is 12.1 Å². The fraction of sp³-hybridized carbons (Fsp3) is 0.333. The third-order valence-corrected chi connectivity index (χ3v) is 5.08. The number of allylic oxidation sites excluding steroid dienone is 1. The molecule has 0 saturated carbocycles. The first-order valence-corrected chi connectivity index (χ1v) is 8.77. The molecule has 1 atom stereocenters. The summed E-state index contributed by atoms with van der Waals surface area (Å²) in [6.45, 7) is 3.57. The quantitative estimate of drug-likeness (QED) is 0.824. The van der Waals surface area contributed by atoms with Crippen LogP contribution in [0.3, 0.4) is 0 Å². The zero-order valence-corrected chi connectivity index (χ0v) is 15.1. The number of nitrogens with one attached hydrogen (secondary N) is 2. The van der Waals surface area contributed by atoms with Crippen molar-refractivity contribution >= 4 is 23.6 Å². The van der Waals surface area contributed by atoms with Gasteiger partial charge in [-0.1, -0.05) is 37.7 Å². The lowest BCUT2D eigenvalue weighted by molar-refractivity contribution is -0.125. The number of hydrogen-bond donors (Lipinski definition) is 2. The van der Waals surface area contributed by atoms with Crippen molar-refractivity contribution in [3.05, 3.63) is 46.2 Å². The van der Waals surface area contributed by atoms with Crippen LogP contribution in [-0.4, -0.2) is 17.6 Å². The van der Waals surface area contributed by atoms with Gasteiger partial charge in [0.2, 0.25) is 11.8 Å². The lowest BCUT2D eigenvalue weighted by Gasteiger charge is -2.34. The Hall–Kier alpha value is -2.84. The molecule has 1 aliphatic rings. The largest absolute Gasteiger partial charge is 0.351 e. The van der Waals surface area contributed by atoms with Gasteiger partial charge in [0, 0.05) is 12.0 Å². The molecule has 0 fully saturated rings. The van der Waals surface area contributed by atoms with E-state index in [1.165, 1.54) is 12.1 Å². The number of carbonyl (C=O) groups is 2. The molecule has 2 rings (SSSR count). The van der Waals surface area contributed by atoms with Crippen LogP contribution in [0.15, 0.2) is 34.9 Å². The number of nitrogens with zero attached hydrogens (tertiary/aromatic N) is 2. The minimum atomic E-state index is -0.964. The van der Waals surface area contributed by atoms with Gasteiger partial charge < -0.3 is 10.6 Å². The van der Waals surface area contributed by atoms with Crippen molar-refractivity contribution < 1.29 is 14.0 Å². The van der Waals surface area contributed by atoms with E-state index in [2.05, 4.69) is 10.6 Å². The number of hydrogen-bond acceptors (Lipinski definition) is 5. The minimum absolute atomic E-state index is 0.00467. The van der Waals surface area contributed by atoms with Crippen LogP contribution in [0.4, 0.5) is 4.39 Å². The highest BCUT2D eigenvalue weighted by atomic mass is 32.2. The average Bonchev–Trinajstić information content (AvgIpc) is 2.59. The predicted molar refractivity (Wildman–Crippen MR) is 94.4 cm³/mol. The molecular weight excluding hydrogens is 355 g/mol. The van der Waals surface area contributed by atoms with E-state index < -0.39 is 17.2 Å². The van der Waals surface area contributed by atoms with E-state index in [0.717, 1.165) is 17.3 Å². The Balaban J connectivity index is 2.01. The Bertz CT molecular complexity index is 834. The van der Waals surface area contributed by atoms with Crippen molar-refractivity contribution in [1.29, 1.82) is 10.5 Å². The van der Waals surface area contributed by atoms with Gasteiger partial charge in [0.25, 0.3) is 0 Å².